The van der Waals surface area contributed by atoms with E-state index in [1.165, 1.54) is 12.1 Å². The van der Waals surface area contributed by atoms with Gasteiger partial charge in [-0.25, -0.2) is 15.0 Å². The molecule has 0 saturated carbocycles. The van der Waals surface area contributed by atoms with Crippen LogP contribution in [0.3, 0.4) is 0 Å². The highest BCUT2D eigenvalue weighted by Gasteiger charge is 2.22. The summed E-state index contributed by atoms with van der Waals surface area (Å²) < 4.78 is 68.0. The number of hydrogen-bond donors (Lipinski definition) is 0. The van der Waals surface area contributed by atoms with Crippen molar-refractivity contribution in [1.29, 1.82) is 0 Å². The molecule has 6 heteroatoms. The van der Waals surface area contributed by atoms with Gasteiger partial charge >= 0.3 is 0 Å². The van der Waals surface area contributed by atoms with E-state index in [1.54, 1.807) is 12.1 Å². The lowest BCUT2D eigenvalue weighted by Crippen LogP contribution is -2.00. The van der Waals surface area contributed by atoms with E-state index >= 15 is 0 Å². The third-order valence-corrected chi connectivity index (χ3v) is 9.39. The zero-order valence-electron chi connectivity index (χ0n) is 32.7. The second-order valence-electron chi connectivity index (χ2n) is 12.3. The van der Waals surface area contributed by atoms with Gasteiger partial charge in [-0.1, -0.05) is 121 Å². The van der Waals surface area contributed by atoms with Gasteiger partial charge in [-0.15, -0.1) is 0 Å². The maximum absolute atomic E-state index is 9.29. The van der Waals surface area contributed by atoms with Crippen molar-refractivity contribution in [3.8, 4) is 39.9 Å². The molecule has 11 rings (SSSR count). The molecule has 0 amide bonds. The minimum absolute atomic E-state index is 0.00906. The van der Waals surface area contributed by atoms with Crippen molar-refractivity contribution in [2.75, 3.05) is 0 Å². The summed E-state index contributed by atoms with van der Waals surface area (Å²) in [5, 5.41) is 3.12. The van der Waals surface area contributed by atoms with Gasteiger partial charge in [0.05, 0.1) is 24.9 Å². The quantitative estimate of drug-likeness (QED) is 0.188. The molecule has 0 aliphatic carbocycles. The first-order chi connectivity index (χ1) is 27.7. The molecule has 238 valence electrons. The highest BCUT2D eigenvalue weighted by atomic mass is 16.3. The molecule has 0 radical (unpaired) electrons. The summed E-state index contributed by atoms with van der Waals surface area (Å²) in [5.41, 5.74) is 5.33. The molecular formula is C45H26N4O2. The number of aromatic nitrogens is 4. The zero-order valence-corrected chi connectivity index (χ0v) is 26.7. The Morgan fingerprint density at radius 2 is 1.10 bits per heavy atom. The maximum Gasteiger partial charge on any atom is 0.164 e. The van der Waals surface area contributed by atoms with Crippen LogP contribution in [-0.4, -0.2) is 19.5 Å². The Kier molecular flexibility index (Phi) is 4.74. The lowest BCUT2D eigenvalue weighted by atomic mass is 10.1. The van der Waals surface area contributed by atoms with Crippen LogP contribution in [-0.2, 0) is 0 Å². The number of furan rings is 2. The van der Waals surface area contributed by atoms with Crippen molar-refractivity contribution < 1.29 is 17.1 Å². The van der Waals surface area contributed by atoms with Crippen LogP contribution in [0.1, 0.15) is 8.22 Å². The second-order valence-corrected chi connectivity index (χ2v) is 12.3. The van der Waals surface area contributed by atoms with Crippen molar-refractivity contribution >= 4 is 65.7 Å². The van der Waals surface area contributed by atoms with Crippen LogP contribution in [0, 0.1) is 0 Å². The van der Waals surface area contributed by atoms with Gasteiger partial charge in [0.2, 0.25) is 0 Å². The van der Waals surface area contributed by atoms with Gasteiger partial charge in [0.25, 0.3) is 0 Å². The normalized spacial score (nSPS) is 13.6. The van der Waals surface area contributed by atoms with E-state index in [2.05, 4.69) is 0 Å². The molecule has 6 nitrogen and oxygen atoms in total. The third kappa shape index (κ3) is 4.20. The molecule has 0 aliphatic rings. The van der Waals surface area contributed by atoms with Crippen molar-refractivity contribution in [2.45, 2.75) is 0 Å². The maximum atomic E-state index is 9.29. The first kappa shape index (κ1) is 22.6. The summed E-state index contributed by atoms with van der Waals surface area (Å²) in [6, 6.07) is 37.1. The number of benzene rings is 7. The van der Waals surface area contributed by atoms with Crippen LogP contribution in [0.2, 0.25) is 0 Å². The Morgan fingerprint density at radius 1 is 0.451 bits per heavy atom. The average molecular weight is 661 g/mol. The van der Waals surface area contributed by atoms with Crippen LogP contribution in [0.15, 0.2) is 166 Å². The highest BCUT2D eigenvalue weighted by Crippen LogP contribution is 2.43. The Balaban J connectivity index is 1.19. The molecule has 0 unspecified atom stereocenters. The molecule has 4 heterocycles. The van der Waals surface area contributed by atoms with Crippen molar-refractivity contribution in [3.05, 3.63) is 158 Å². The van der Waals surface area contributed by atoms with Gasteiger partial charge in [0, 0.05) is 49.0 Å². The van der Waals surface area contributed by atoms with Crippen molar-refractivity contribution in [3.63, 3.8) is 0 Å². The lowest BCUT2D eigenvalue weighted by Gasteiger charge is -2.08. The van der Waals surface area contributed by atoms with Crippen LogP contribution >= 0.6 is 0 Å². The average Bonchev–Trinajstić information content (AvgIpc) is 3.90. The third-order valence-electron chi connectivity index (χ3n) is 9.39. The van der Waals surface area contributed by atoms with E-state index in [0.717, 1.165) is 27.5 Å². The molecule has 4 aromatic heterocycles. The monoisotopic (exact) mass is 660 g/mol. The van der Waals surface area contributed by atoms with Gasteiger partial charge in [0.15, 0.2) is 28.6 Å². The molecule has 0 spiro atoms. The van der Waals surface area contributed by atoms with Gasteiger partial charge in [-0.05, 0) is 36.3 Å². The van der Waals surface area contributed by atoms with Gasteiger partial charge in [-0.3, -0.25) is 0 Å². The van der Waals surface area contributed by atoms with E-state index in [1.807, 2.05) is 102 Å². The first-order valence-electron chi connectivity index (χ1n) is 19.4. The molecule has 11 aromatic rings. The standard InChI is InChI=1S/C45H26N4O2/c1-3-12-27(13-4-1)43-46-44(28-14-5-2-6-15-28)48-45(47-43)29-22-23-32-34-18-11-20-37(41(34)51-39(32)26-29)49-36-19-9-7-16-30(36)33-24-25-35-31-17-8-10-21-38(31)50-42(35)40(33)49/h1-26H/i7D,8D,19D,21D,24D,25D. The Bertz CT molecular complexity index is 3430. The summed E-state index contributed by atoms with van der Waals surface area (Å²) in [7, 11) is 0. The summed E-state index contributed by atoms with van der Waals surface area (Å²) in [5.74, 6) is 1.56. The van der Waals surface area contributed by atoms with E-state index in [9.17, 15) is 1.37 Å². The van der Waals surface area contributed by atoms with E-state index in [-0.39, 0.29) is 47.4 Å². The molecule has 0 bridgehead atoms. The molecule has 51 heavy (non-hydrogen) atoms. The molecule has 0 fully saturated rings. The summed E-state index contributed by atoms with van der Waals surface area (Å²) in [6.45, 7) is 0. The number of rotatable bonds is 4. The Morgan fingerprint density at radius 3 is 1.86 bits per heavy atom. The van der Waals surface area contributed by atoms with Crippen molar-refractivity contribution in [2.24, 2.45) is 0 Å². The molecule has 0 atom stereocenters. The molecule has 0 saturated heterocycles. The van der Waals surface area contributed by atoms with Crippen LogP contribution in [0.25, 0.3) is 106 Å². The largest absolute Gasteiger partial charge is 0.454 e. The zero-order chi connectivity index (χ0) is 38.7. The van der Waals surface area contributed by atoms with Gasteiger partial charge < -0.3 is 13.4 Å². The van der Waals surface area contributed by atoms with Gasteiger partial charge in [-0.2, -0.15) is 0 Å². The Labute approximate surface area is 299 Å². The number of para-hydroxylation sites is 3. The van der Waals surface area contributed by atoms with E-state index in [4.69, 9.17) is 30.6 Å². The van der Waals surface area contributed by atoms with E-state index in [0.29, 0.717) is 66.9 Å². The first-order valence-corrected chi connectivity index (χ1v) is 16.4. The van der Waals surface area contributed by atoms with E-state index < -0.39 is 0 Å². The number of fused-ring (bicyclic) bond motifs is 10. The number of nitrogens with zero attached hydrogens (tertiary/aromatic N) is 4. The molecule has 0 aliphatic heterocycles. The van der Waals surface area contributed by atoms with Crippen LogP contribution < -0.4 is 0 Å². The van der Waals surface area contributed by atoms with Crippen LogP contribution in [0.5, 0.6) is 0 Å². The van der Waals surface area contributed by atoms with Crippen molar-refractivity contribution in [1.82, 2.24) is 19.5 Å². The fourth-order valence-corrected chi connectivity index (χ4v) is 7.06. The predicted octanol–water partition coefficient (Wildman–Crippen LogP) is 11.8. The minimum Gasteiger partial charge on any atom is -0.454 e. The SMILES string of the molecule is [2H]c1cc([2H])c2oc3c(c([2H])c([2H])c4c5cc([2H])cc([2H])c5n(-c5cccc6c5oc5cc(-c7nc(-c8ccccc8)nc(-c8ccccc8)n7)ccc56)c34)c2c1. The van der Waals surface area contributed by atoms with Gasteiger partial charge in [0.1, 0.15) is 11.2 Å². The minimum atomic E-state index is -0.124. The summed E-state index contributed by atoms with van der Waals surface area (Å²) in [4.78, 5) is 14.6. The Hall–Kier alpha value is -7.05. The summed E-state index contributed by atoms with van der Waals surface area (Å²) in [6.07, 6.45) is 0. The smallest absolute Gasteiger partial charge is 0.164 e. The topological polar surface area (TPSA) is 69.9 Å². The molecule has 7 aromatic carbocycles. The highest BCUT2D eigenvalue weighted by molar-refractivity contribution is 6.22. The lowest BCUT2D eigenvalue weighted by molar-refractivity contribution is 0.665. The molecular weight excluding hydrogens is 629 g/mol. The second kappa shape index (κ2) is 10.7. The predicted molar refractivity (Wildman–Crippen MR) is 205 cm³/mol. The fourth-order valence-electron chi connectivity index (χ4n) is 7.06. The number of hydrogen-bond acceptors (Lipinski definition) is 5. The summed E-state index contributed by atoms with van der Waals surface area (Å²) >= 11 is 0. The van der Waals surface area contributed by atoms with Crippen LogP contribution in [0.4, 0.5) is 0 Å². The molecule has 0 N–H and O–H groups in total. The fraction of sp³-hybridized carbons (Fsp3) is 0.